The molecule has 0 aromatic rings. The molecule has 0 fully saturated rings. The summed E-state index contributed by atoms with van der Waals surface area (Å²) in [6.45, 7) is 0. The minimum Gasteiger partial charge on any atom is -0.264 e. The molecule has 0 aromatic heterocycles. The van der Waals surface area contributed by atoms with E-state index in [0.717, 1.165) is 0 Å². The Bertz CT molecular complexity index is 217. The summed E-state index contributed by atoms with van der Waals surface area (Å²) in [4.78, 5) is 0. The van der Waals surface area contributed by atoms with E-state index in [4.69, 9.17) is 45.6 Å². The summed E-state index contributed by atoms with van der Waals surface area (Å²) in [5.74, 6) is 0. The van der Waals surface area contributed by atoms with E-state index in [1.165, 1.54) is 0 Å². The first-order valence-corrected chi connectivity index (χ1v) is 4.56. The zero-order valence-electron chi connectivity index (χ0n) is 5.54. The molecular weight excluding hydrogens is 240 g/mol. The van der Waals surface area contributed by atoms with Crippen LogP contribution in [0.2, 0.25) is 0 Å². The molecular formula is H6O11S2. The normalized spacial score (nSPS) is 10.3. The van der Waals surface area contributed by atoms with E-state index in [1.54, 1.807) is 0 Å². The molecule has 0 saturated heterocycles. The van der Waals surface area contributed by atoms with Crippen molar-refractivity contribution in [2.24, 2.45) is 0 Å². The molecule has 13 heteroatoms. The van der Waals surface area contributed by atoms with Crippen LogP contribution >= 0.6 is 0 Å². The van der Waals surface area contributed by atoms with Gasteiger partial charge in [-0.15, -0.1) is 0 Å². The van der Waals surface area contributed by atoms with E-state index >= 15 is 0 Å². The van der Waals surface area contributed by atoms with Gasteiger partial charge >= 0.3 is 20.8 Å². The van der Waals surface area contributed by atoms with Crippen molar-refractivity contribution in [2.45, 2.75) is 0 Å². The van der Waals surface area contributed by atoms with Crippen LogP contribution in [0.3, 0.4) is 0 Å². The molecule has 0 bridgehead atoms. The van der Waals surface area contributed by atoms with E-state index < -0.39 is 20.8 Å². The van der Waals surface area contributed by atoms with Crippen molar-refractivity contribution in [3.05, 3.63) is 0 Å². The van der Waals surface area contributed by atoms with Gasteiger partial charge in [-0.2, -0.15) is 16.8 Å². The Morgan fingerprint density at radius 3 is 0.692 bits per heavy atom. The Labute approximate surface area is 72.2 Å². The van der Waals surface area contributed by atoms with Crippen molar-refractivity contribution in [1.29, 1.82) is 0 Å². The van der Waals surface area contributed by atoms with E-state index in [9.17, 15) is 0 Å². The van der Waals surface area contributed by atoms with Crippen LogP contribution in [0.25, 0.3) is 0 Å². The monoisotopic (exact) mass is 246 g/mol. The van der Waals surface area contributed by atoms with Gasteiger partial charge in [-0.05, 0) is 0 Å². The van der Waals surface area contributed by atoms with Crippen LogP contribution in [-0.4, -0.2) is 45.6 Å². The van der Waals surface area contributed by atoms with Gasteiger partial charge in [0.05, 0.1) is 0 Å². The molecule has 13 heavy (non-hydrogen) atoms. The van der Waals surface area contributed by atoms with E-state index in [1.807, 2.05) is 0 Å². The lowest BCUT2D eigenvalue weighted by Crippen LogP contribution is -1.89. The predicted molar refractivity (Wildman–Crippen MR) is 34.7 cm³/mol. The van der Waals surface area contributed by atoms with Crippen LogP contribution in [0, 0.1) is 0 Å². The molecule has 0 atom stereocenters. The number of rotatable bonds is 0. The minimum atomic E-state index is -4.67. The first-order chi connectivity index (χ1) is 5.41. The van der Waals surface area contributed by atoms with Gasteiger partial charge in [-0.1, -0.05) is 5.04 Å². The second kappa shape index (κ2) is 8.23. The highest BCUT2D eigenvalue weighted by Crippen LogP contribution is 1.59. The first kappa shape index (κ1) is 18.4. The summed E-state index contributed by atoms with van der Waals surface area (Å²) in [7, 11) is -9.33. The van der Waals surface area contributed by atoms with Gasteiger partial charge in [0.25, 0.3) is 0 Å². The molecule has 0 aliphatic rings. The molecule has 0 aromatic carbocycles. The number of hydrogen-bond donors (Lipinski definition) is 6. The highest BCUT2D eigenvalue weighted by atomic mass is 32.3. The second-order valence-electron chi connectivity index (χ2n) is 0.977. The van der Waals surface area contributed by atoms with Gasteiger partial charge in [0.15, 0.2) is 0 Å². The molecule has 6 N–H and O–H groups in total. The van der Waals surface area contributed by atoms with Crippen LogP contribution in [0.1, 0.15) is 0 Å². The molecule has 0 heterocycles. The van der Waals surface area contributed by atoms with Gasteiger partial charge in [0, 0.05) is 0 Å². The molecule has 0 amide bonds. The fraction of sp³-hybridized carbons (Fsp3) is 0. The second-order valence-corrected chi connectivity index (χ2v) is 2.77. The topological polar surface area (TPSA) is 199 Å². The van der Waals surface area contributed by atoms with Crippen molar-refractivity contribution >= 4 is 20.8 Å². The van der Waals surface area contributed by atoms with Crippen molar-refractivity contribution in [3.8, 4) is 0 Å². The maximum Gasteiger partial charge on any atom is 0.394 e. The van der Waals surface area contributed by atoms with E-state index in [0.29, 0.717) is 0 Å². The van der Waals surface area contributed by atoms with Gasteiger partial charge < -0.3 is 0 Å². The van der Waals surface area contributed by atoms with Crippen molar-refractivity contribution in [3.63, 3.8) is 0 Å². The maximum atomic E-state index is 8.74. The summed E-state index contributed by atoms with van der Waals surface area (Å²) in [6, 6.07) is 0. The Morgan fingerprint density at radius 2 is 0.692 bits per heavy atom. The van der Waals surface area contributed by atoms with Crippen LogP contribution in [0.15, 0.2) is 0 Å². The van der Waals surface area contributed by atoms with Crippen LogP contribution in [0.5, 0.6) is 0 Å². The standard InChI is InChI=1S/2H2O4S.H2O3/c2*1-5(2,3)4;1-3-2/h2*(H2,1,2,3,4);1-2H. The molecule has 0 rings (SSSR count). The molecule has 84 valence electrons. The highest BCUT2D eigenvalue weighted by molar-refractivity contribution is 7.80. The van der Waals surface area contributed by atoms with Crippen LogP contribution in [0.4, 0.5) is 0 Å². The molecule has 0 saturated carbocycles. The van der Waals surface area contributed by atoms with Gasteiger partial charge in [0.1, 0.15) is 0 Å². The first-order valence-electron chi connectivity index (χ1n) is 1.76. The largest absolute Gasteiger partial charge is 0.394 e. The van der Waals surface area contributed by atoms with Crippen LogP contribution < -0.4 is 0 Å². The third-order valence-electron chi connectivity index (χ3n) is 0. The molecule has 11 nitrogen and oxygen atoms in total. The average molecular weight is 246 g/mol. The molecule has 0 spiro atoms. The molecule has 0 aliphatic heterocycles. The summed E-state index contributed by atoms with van der Waals surface area (Å²) in [5.41, 5.74) is 0. The Kier molecular flexibility index (Phi) is 11.7. The zero-order chi connectivity index (χ0) is 11.7. The maximum absolute atomic E-state index is 8.74. The Hall–Kier alpha value is -0.380. The summed E-state index contributed by atoms with van der Waals surface area (Å²) in [5, 5.41) is 15.5. The predicted octanol–water partition coefficient (Wildman–Crippen LogP) is -1.36. The summed E-state index contributed by atoms with van der Waals surface area (Å²) in [6.07, 6.45) is 0. The summed E-state index contributed by atoms with van der Waals surface area (Å²) < 4.78 is 63.2. The van der Waals surface area contributed by atoms with E-state index in [2.05, 4.69) is 5.04 Å². The third kappa shape index (κ3) is 7450. The van der Waals surface area contributed by atoms with Crippen molar-refractivity contribution in [1.82, 2.24) is 0 Å². The summed E-state index contributed by atoms with van der Waals surface area (Å²) >= 11 is 0. The third-order valence-corrected chi connectivity index (χ3v) is 0. The van der Waals surface area contributed by atoms with Crippen molar-refractivity contribution < 1.29 is 50.6 Å². The lowest BCUT2D eigenvalue weighted by atomic mass is 14.6. The van der Waals surface area contributed by atoms with Gasteiger partial charge in [-0.3, -0.25) is 18.2 Å². The molecule has 0 unspecified atom stereocenters. The fourth-order valence-corrected chi connectivity index (χ4v) is 0. The van der Waals surface area contributed by atoms with Crippen LogP contribution in [-0.2, 0) is 25.8 Å². The lowest BCUT2D eigenvalue weighted by molar-refractivity contribution is -0.465. The van der Waals surface area contributed by atoms with E-state index in [-0.39, 0.29) is 0 Å². The minimum absolute atomic E-state index is 2.25. The molecule has 0 aliphatic carbocycles. The number of hydrogen-bond acceptors (Lipinski definition) is 7. The quantitative estimate of drug-likeness (QED) is 0.167. The lowest BCUT2D eigenvalue weighted by Gasteiger charge is -1.68. The Morgan fingerprint density at radius 1 is 0.692 bits per heavy atom. The van der Waals surface area contributed by atoms with Gasteiger partial charge in [0.2, 0.25) is 0 Å². The average Bonchev–Trinajstić information content (AvgIpc) is 1.52. The smallest absolute Gasteiger partial charge is 0.264 e. The SMILES string of the molecule is O=S(=O)(O)O.O=S(=O)(O)O.OOO. The van der Waals surface area contributed by atoms with Crippen molar-refractivity contribution in [2.75, 3.05) is 0 Å². The fourth-order valence-electron chi connectivity index (χ4n) is 0. The van der Waals surface area contributed by atoms with Gasteiger partial charge in [-0.25, -0.2) is 10.5 Å². The molecule has 0 radical (unpaired) electrons. The highest BCUT2D eigenvalue weighted by Gasteiger charge is 1.85. The zero-order valence-corrected chi connectivity index (χ0v) is 7.17. The Balaban J connectivity index is -0.000000120.